The van der Waals surface area contributed by atoms with Crippen LogP contribution in [0.1, 0.15) is 637 Å². The van der Waals surface area contributed by atoms with Gasteiger partial charge in [-0.05, 0) is 114 Å². The van der Waals surface area contributed by atoms with Gasteiger partial charge in [-0.3, -0.25) is 9.78 Å². The molecular weight excluding hydrogens is 1840 g/mol. The minimum absolute atomic E-state index is 0.329. The smallest absolute Gasteiger partial charge is 0.219 e. The Bertz CT molecular complexity index is 3860. The molecule has 13 aromatic heterocycles. The molecule has 143 heavy (non-hydrogen) atoms. The fourth-order valence-corrected chi connectivity index (χ4v) is 13.6. The molecule has 28 nitrogen and oxygen atoms in total. The number of oxazole rings is 2. The quantitative estimate of drug-likeness (QED) is 0.0508. The van der Waals surface area contributed by atoms with E-state index >= 15 is 0 Å². The molecule has 0 aliphatic rings. The van der Waals surface area contributed by atoms with Crippen LogP contribution in [0.3, 0.4) is 0 Å². The fraction of sp³-hybridized carbons (Fsp3) is 0.696. The van der Waals surface area contributed by atoms with Crippen LogP contribution in [0.25, 0.3) is 0 Å². The molecule has 13 rings (SSSR count). The third-order valence-corrected chi connectivity index (χ3v) is 25.6. The van der Waals surface area contributed by atoms with Gasteiger partial charge in [0, 0.05) is 148 Å². The highest BCUT2D eigenvalue weighted by Crippen LogP contribution is 2.31. The molecule has 0 aliphatic heterocycles. The van der Waals surface area contributed by atoms with Gasteiger partial charge >= 0.3 is 0 Å². The maximum atomic E-state index is 5.50. The highest BCUT2D eigenvalue weighted by atomic mass is 32.1. The van der Waals surface area contributed by atoms with E-state index in [-0.39, 0.29) is 0 Å². The molecule has 2 N–H and O–H groups in total. The molecule has 0 unspecified atom stereocenters. The molecule has 13 aromatic rings. The molecule has 0 radical (unpaired) electrons. The maximum Gasteiger partial charge on any atom is 0.219 e. The number of thiazole rings is 2. The second-order valence-electron chi connectivity index (χ2n) is 44.3. The predicted molar refractivity (Wildman–Crippen MR) is 599 cm³/mol. The Morgan fingerprint density at radius 3 is 1.08 bits per heavy atom. The van der Waals surface area contributed by atoms with Crippen molar-refractivity contribution in [2.75, 3.05) is 0 Å². The van der Waals surface area contributed by atoms with E-state index < -0.39 is 0 Å². The first-order valence-corrected chi connectivity index (χ1v) is 55.3. The SMILES string of the molecule is CC(C)c1cc(C(C)C)on1.CC(C)c1cn(C(C)C)cn1.CC(C)c1cn(C(C)C)nn1.CC(C)c1cnc(C(C)C)[nH]1.CC(C)c1cnc(C(C)C)o1.CC(C)c1cnc(C(C)C)s1.CC(C)c1cnn(C(C)C)c1.CC(C)c1cnn(C(C)C)n1.CC(C)c1coc(C(C)C)n1.CC(C)c1csc(C(C)C)n1.CC(C)c1n[nH]c(C(C)C)n1.CC(C)c1nnc(C(C)C)o1.CC(C)c1nnc(C(C)C)s1. The standard InChI is InChI=1S/3C9H16N2.3C9H15NO.2C9H15NS.3C8H15N3.C8H14N2O.C8H14N2S/c1-7(2)9-5-11(6-10-9)8(3)4;1-7(2)9-5-10-11(6-9)8(3)4;1-6(2)8-5-10-9(11-8)7(3)4;1-6(2)8-5-11-9(10-8)7(3)4;1-6(2)8-5-10-9(11-8)7(3)4;1-6(2)8-5-9(7(3)4)11-10-8;1-6(2)8-5-11-9(10-8)7(3)4;1-6(2)8-5-10-9(11-8)7(3)4;1-6(2)8-5-11(7(3)4)10-9-8;1-6(2)8-5-9-11(10-8)7(3)4;1-5(2)7-9-8(6(3)4)11-10-7;2*1-5(2)7-9-10-8(11-7)6(3)4/h2*5-8H,1-4H3;5-7H,1-4H3,(H,10,11);7*5-7H,1-4H3;5-6H,1-4H3,(H,9,10,11);2*5-6H,1-4H3. The third kappa shape index (κ3) is 50.5. The van der Waals surface area contributed by atoms with Gasteiger partial charge in [0.1, 0.15) is 39.4 Å². The first kappa shape index (κ1) is 132. The van der Waals surface area contributed by atoms with Crippen molar-refractivity contribution in [3.63, 3.8) is 0 Å². The van der Waals surface area contributed by atoms with Crippen LogP contribution in [0.2, 0.25) is 0 Å². The zero-order chi connectivity index (χ0) is 110. The summed E-state index contributed by atoms with van der Waals surface area (Å²) in [5, 5.41) is 54.8. The minimum atomic E-state index is 0.329. The van der Waals surface area contributed by atoms with Crippen LogP contribution in [0, 0.1) is 0 Å². The zero-order valence-corrected chi connectivity index (χ0v) is 101. The maximum absolute atomic E-state index is 5.50. The highest BCUT2D eigenvalue weighted by Gasteiger charge is 2.19. The van der Waals surface area contributed by atoms with Crippen molar-refractivity contribution < 1.29 is 17.8 Å². The Morgan fingerprint density at radius 1 is 0.315 bits per heavy atom. The van der Waals surface area contributed by atoms with Crippen LogP contribution in [-0.2, 0) is 0 Å². The van der Waals surface area contributed by atoms with E-state index in [2.05, 4.69) is 456 Å². The van der Waals surface area contributed by atoms with E-state index in [1.54, 1.807) is 33.7 Å². The molecule has 0 spiro atoms. The lowest BCUT2D eigenvalue weighted by Gasteiger charge is -2.04. The molecule has 0 amide bonds. The van der Waals surface area contributed by atoms with E-state index in [9.17, 15) is 0 Å². The van der Waals surface area contributed by atoms with Gasteiger partial charge in [-0.1, -0.05) is 315 Å². The molecule has 806 valence electrons. The average molecular weight is 2040 g/mol. The van der Waals surface area contributed by atoms with Crippen LogP contribution in [-0.4, -0.2) is 120 Å². The van der Waals surface area contributed by atoms with Gasteiger partial charge in [0.2, 0.25) is 11.8 Å². The van der Waals surface area contributed by atoms with E-state index in [0.29, 0.717) is 154 Å². The van der Waals surface area contributed by atoms with Gasteiger partial charge in [0.15, 0.2) is 17.6 Å². The number of nitrogens with one attached hydrogen (secondary N) is 2. The molecule has 31 heteroatoms. The first-order valence-electron chi connectivity index (χ1n) is 52.7. The Kier molecular flexibility index (Phi) is 61.4. The fourth-order valence-electron chi connectivity index (χ4n) is 10.8. The molecule has 13 heterocycles. The van der Waals surface area contributed by atoms with Crippen molar-refractivity contribution in [3.8, 4) is 0 Å². The summed E-state index contributed by atoms with van der Waals surface area (Å²) in [5.41, 5.74) is 9.20. The van der Waals surface area contributed by atoms with Crippen molar-refractivity contribution in [2.24, 2.45) is 0 Å². The summed E-state index contributed by atoms with van der Waals surface area (Å²) < 4.78 is 27.3. The Hall–Kier alpha value is -9.36. The molecule has 0 saturated heterocycles. The molecule has 0 fully saturated rings. The molecular formula is C112H196N24O4S3. The summed E-state index contributed by atoms with van der Waals surface area (Å²) in [5.74, 6) is 18.7. The van der Waals surface area contributed by atoms with E-state index in [0.717, 1.165) is 85.3 Å². The lowest BCUT2D eigenvalue weighted by molar-refractivity contribution is 0.363. The second kappa shape index (κ2) is 66.7. The minimum Gasteiger partial charge on any atom is -0.448 e. The Morgan fingerprint density at radius 2 is 0.825 bits per heavy atom. The average Bonchev–Trinajstić information content (AvgIpc) is 1.86. The van der Waals surface area contributed by atoms with Gasteiger partial charge in [-0.2, -0.15) is 25.2 Å². The van der Waals surface area contributed by atoms with Gasteiger partial charge in [0.05, 0.1) is 75.1 Å². The van der Waals surface area contributed by atoms with Crippen LogP contribution in [0.4, 0.5) is 0 Å². The Balaban J connectivity index is 0.000000775. The molecule has 0 aromatic carbocycles. The summed E-state index contributed by atoms with van der Waals surface area (Å²) in [7, 11) is 0. The lowest BCUT2D eigenvalue weighted by Crippen LogP contribution is -2.05. The van der Waals surface area contributed by atoms with Crippen LogP contribution >= 0.6 is 34.0 Å². The lowest BCUT2D eigenvalue weighted by atomic mass is 10.1. The summed E-state index contributed by atoms with van der Waals surface area (Å²) in [6.45, 7) is 111. The third-order valence-electron chi connectivity index (χ3n) is 21.3. The van der Waals surface area contributed by atoms with Crippen LogP contribution in [0.5, 0.6) is 0 Å². The number of aromatic nitrogens is 24. The van der Waals surface area contributed by atoms with Gasteiger partial charge < -0.3 is 27.3 Å². The van der Waals surface area contributed by atoms with Gasteiger partial charge in [0.25, 0.3) is 0 Å². The van der Waals surface area contributed by atoms with Crippen molar-refractivity contribution in [1.29, 1.82) is 0 Å². The van der Waals surface area contributed by atoms with Crippen molar-refractivity contribution >= 4 is 34.0 Å². The number of rotatable bonds is 26. The number of hydrogen-bond donors (Lipinski definition) is 2. The largest absolute Gasteiger partial charge is 0.448 e. The monoisotopic (exact) mass is 2040 g/mol. The van der Waals surface area contributed by atoms with Gasteiger partial charge in [-0.25, -0.2) is 39.6 Å². The summed E-state index contributed by atoms with van der Waals surface area (Å²) in [4.78, 5) is 36.8. The number of nitrogens with zero attached hydrogens (tertiary/aromatic N) is 22. The number of aromatic amines is 2. The zero-order valence-electron chi connectivity index (χ0n) is 98.6. The Labute approximate surface area is 876 Å². The number of H-pyrrole nitrogens is 2. The predicted octanol–water partition coefficient (Wildman–Crippen LogP) is 34.5. The number of hydrogen-bond acceptors (Lipinski definition) is 25. The van der Waals surface area contributed by atoms with Crippen LogP contribution in [0.15, 0.2) is 91.4 Å². The van der Waals surface area contributed by atoms with Crippen molar-refractivity contribution in [1.82, 2.24) is 120 Å². The first-order chi connectivity index (χ1) is 66.4. The molecule has 0 bridgehead atoms. The van der Waals surface area contributed by atoms with E-state index in [1.165, 1.54) is 37.5 Å². The van der Waals surface area contributed by atoms with Crippen LogP contribution < -0.4 is 0 Å². The van der Waals surface area contributed by atoms with Crippen molar-refractivity contribution in [3.05, 3.63) is 196 Å². The van der Waals surface area contributed by atoms with Crippen molar-refractivity contribution in [2.45, 2.75) is 514 Å². The van der Waals surface area contributed by atoms with E-state index in [4.69, 9.17) is 17.8 Å². The highest BCUT2D eigenvalue weighted by molar-refractivity contribution is 7.12. The normalized spacial score (nSPS) is 11.5. The topological polar surface area (TPSA) is 336 Å². The summed E-state index contributed by atoms with van der Waals surface area (Å²) in [6, 6.07) is 3.81. The van der Waals surface area contributed by atoms with E-state index in [1.807, 2.05) is 98.0 Å². The second-order valence-corrected chi connectivity index (χ2v) is 47.4. The summed E-state index contributed by atoms with van der Waals surface area (Å²) in [6.07, 6.45) is 19.4. The molecule has 0 aliphatic carbocycles. The number of imidazole rings is 2. The molecule has 0 saturated carbocycles. The molecule has 0 atom stereocenters. The summed E-state index contributed by atoms with van der Waals surface area (Å²) >= 11 is 5.34. The van der Waals surface area contributed by atoms with Gasteiger partial charge in [-0.15, -0.1) is 59.5 Å².